The summed E-state index contributed by atoms with van der Waals surface area (Å²) in [6, 6.07) is 23.1. The fraction of sp³-hybridized carbons (Fsp3) is 0.192. The van der Waals surface area contributed by atoms with Crippen LogP contribution in [0.15, 0.2) is 84.1 Å². The molecule has 156 valence electrons. The van der Waals surface area contributed by atoms with Gasteiger partial charge >= 0.3 is 0 Å². The van der Waals surface area contributed by atoms with E-state index in [1.165, 1.54) is 12.7 Å². The Balaban J connectivity index is 1.63. The lowest BCUT2D eigenvalue weighted by Gasteiger charge is -2.30. The molecule has 2 aliphatic rings. The molecule has 31 heavy (non-hydrogen) atoms. The Morgan fingerprint density at radius 3 is 2.42 bits per heavy atom. The number of allylic oxidation sites excluding steroid dienone is 1. The third-order valence-corrected chi connectivity index (χ3v) is 6.12. The van der Waals surface area contributed by atoms with Crippen LogP contribution in [-0.2, 0) is 4.79 Å². The van der Waals surface area contributed by atoms with Gasteiger partial charge in [-0.1, -0.05) is 48.5 Å². The van der Waals surface area contributed by atoms with E-state index in [0.29, 0.717) is 12.2 Å². The van der Waals surface area contributed by atoms with E-state index in [1.54, 1.807) is 12.1 Å². The maximum absolute atomic E-state index is 13.5. The van der Waals surface area contributed by atoms with Gasteiger partial charge in [0, 0.05) is 17.7 Å². The number of ether oxygens (including phenoxy) is 1. The summed E-state index contributed by atoms with van der Waals surface area (Å²) in [6.45, 7) is 0. The van der Waals surface area contributed by atoms with E-state index in [0.717, 1.165) is 34.6 Å². The maximum atomic E-state index is 13.5. The summed E-state index contributed by atoms with van der Waals surface area (Å²) in [5.74, 6) is 0.726. The second-order valence-electron chi connectivity index (χ2n) is 8.01. The number of ketones is 1. The first-order valence-electron chi connectivity index (χ1n) is 10.4. The average molecular weight is 412 g/mol. The number of benzene rings is 3. The van der Waals surface area contributed by atoms with Gasteiger partial charge in [0.15, 0.2) is 17.3 Å². The van der Waals surface area contributed by atoms with Crippen molar-refractivity contribution < 1.29 is 14.6 Å². The molecule has 0 fully saturated rings. The van der Waals surface area contributed by atoms with Gasteiger partial charge in [0.05, 0.1) is 24.5 Å². The van der Waals surface area contributed by atoms with Gasteiger partial charge in [-0.2, -0.15) is 0 Å². The van der Waals surface area contributed by atoms with Crippen LogP contribution in [0.4, 0.5) is 11.4 Å². The van der Waals surface area contributed by atoms with Crippen LogP contribution in [-0.4, -0.2) is 18.0 Å². The van der Waals surface area contributed by atoms with E-state index in [1.807, 2.05) is 48.5 Å². The molecule has 0 bridgehead atoms. The Morgan fingerprint density at radius 2 is 1.65 bits per heavy atom. The Bertz CT molecular complexity index is 1170. The molecule has 0 saturated heterocycles. The summed E-state index contributed by atoms with van der Waals surface area (Å²) in [6.07, 6.45) is 1.22. The highest BCUT2D eigenvalue weighted by molar-refractivity contribution is 6.01. The van der Waals surface area contributed by atoms with Gasteiger partial charge in [-0.3, -0.25) is 4.79 Å². The standard InChI is InChI=1S/C26H24N2O3/c1-31-24-15-17(11-12-22(24)29)26-25-21(27-19-9-5-6-10-20(19)28-26)13-18(14-23(25)30)16-7-3-2-4-8-16/h2-12,15,18,26-29H,13-14H2,1H3/t18-,26-/m1/s1. The van der Waals surface area contributed by atoms with Gasteiger partial charge in [-0.05, 0) is 47.7 Å². The number of carbonyl (C=O) groups excluding carboxylic acids is 1. The summed E-state index contributed by atoms with van der Waals surface area (Å²) in [5, 5.41) is 17.2. The molecule has 0 saturated carbocycles. The summed E-state index contributed by atoms with van der Waals surface area (Å²) >= 11 is 0. The normalized spacial score (nSPS) is 20.1. The minimum atomic E-state index is -0.343. The summed E-state index contributed by atoms with van der Waals surface area (Å²) < 4.78 is 5.32. The van der Waals surface area contributed by atoms with Crippen LogP contribution in [0.2, 0.25) is 0 Å². The number of Topliss-reactive ketones (excluding diaryl/α,β-unsaturated/α-hetero) is 1. The third kappa shape index (κ3) is 3.52. The number of fused-ring (bicyclic) bond motifs is 1. The molecule has 2 atom stereocenters. The first-order valence-corrected chi connectivity index (χ1v) is 10.4. The monoisotopic (exact) mass is 412 g/mol. The van der Waals surface area contributed by atoms with E-state index in [-0.39, 0.29) is 23.5 Å². The van der Waals surface area contributed by atoms with Crippen LogP contribution in [0.25, 0.3) is 0 Å². The number of anilines is 2. The molecule has 3 N–H and O–H groups in total. The Hall–Kier alpha value is -3.73. The zero-order valence-electron chi connectivity index (χ0n) is 17.3. The quantitative estimate of drug-likeness (QED) is 0.539. The lowest BCUT2D eigenvalue weighted by molar-refractivity contribution is -0.116. The van der Waals surface area contributed by atoms with E-state index >= 15 is 0 Å². The third-order valence-electron chi connectivity index (χ3n) is 6.12. The number of carbonyl (C=O) groups is 1. The van der Waals surface area contributed by atoms with Crippen molar-refractivity contribution in [2.24, 2.45) is 0 Å². The molecule has 0 aromatic heterocycles. The van der Waals surface area contributed by atoms with Gasteiger partial charge in [-0.15, -0.1) is 0 Å². The summed E-state index contributed by atoms with van der Waals surface area (Å²) in [5.41, 5.74) is 5.61. The van der Waals surface area contributed by atoms with Crippen LogP contribution >= 0.6 is 0 Å². The second-order valence-corrected chi connectivity index (χ2v) is 8.01. The van der Waals surface area contributed by atoms with E-state index in [2.05, 4.69) is 22.8 Å². The fourth-order valence-electron chi connectivity index (χ4n) is 4.58. The fourth-order valence-corrected chi connectivity index (χ4v) is 4.58. The Kier molecular flexibility index (Phi) is 4.86. The molecule has 5 nitrogen and oxygen atoms in total. The number of rotatable bonds is 3. The van der Waals surface area contributed by atoms with Crippen molar-refractivity contribution in [1.82, 2.24) is 0 Å². The molecule has 3 aromatic rings. The van der Waals surface area contributed by atoms with E-state index < -0.39 is 0 Å². The van der Waals surface area contributed by atoms with Crippen molar-refractivity contribution in [2.45, 2.75) is 24.8 Å². The maximum Gasteiger partial charge on any atom is 0.163 e. The molecular formula is C26H24N2O3. The van der Waals surface area contributed by atoms with Crippen molar-refractivity contribution in [1.29, 1.82) is 0 Å². The highest BCUT2D eigenvalue weighted by atomic mass is 16.5. The number of hydrogen-bond donors (Lipinski definition) is 3. The Labute approximate surface area is 181 Å². The molecule has 5 rings (SSSR count). The molecule has 0 unspecified atom stereocenters. The number of phenols is 1. The molecule has 0 spiro atoms. The summed E-state index contributed by atoms with van der Waals surface area (Å²) in [7, 11) is 1.52. The van der Waals surface area contributed by atoms with Crippen LogP contribution in [0.1, 0.15) is 35.9 Å². The molecule has 3 aromatic carbocycles. The van der Waals surface area contributed by atoms with Crippen molar-refractivity contribution in [3.8, 4) is 11.5 Å². The number of para-hydroxylation sites is 2. The minimum Gasteiger partial charge on any atom is -0.504 e. The number of hydrogen-bond acceptors (Lipinski definition) is 5. The van der Waals surface area contributed by atoms with Gasteiger partial charge in [0.2, 0.25) is 0 Å². The van der Waals surface area contributed by atoms with Gasteiger partial charge in [0.1, 0.15) is 0 Å². The SMILES string of the molecule is COc1cc([C@H]2Nc3ccccc3NC3=C2C(=O)C[C@H](c2ccccc2)C3)ccc1O. The number of aromatic hydroxyl groups is 1. The van der Waals surface area contributed by atoms with Crippen LogP contribution in [0.5, 0.6) is 11.5 Å². The molecule has 1 heterocycles. The van der Waals surface area contributed by atoms with Crippen LogP contribution in [0, 0.1) is 0 Å². The number of phenolic OH excluding ortho intramolecular Hbond substituents is 1. The number of methoxy groups -OCH3 is 1. The average Bonchev–Trinajstić information content (AvgIpc) is 2.97. The Morgan fingerprint density at radius 1 is 0.903 bits per heavy atom. The molecular weight excluding hydrogens is 388 g/mol. The van der Waals surface area contributed by atoms with Crippen molar-refractivity contribution in [3.05, 3.63) is 95.2 Å². The zero-order chi connectivity index (χ0) is 21.4. The predicted octanol–water partition coefficient (Wildman–Crippen LogP) is 5.38. The predicted molar refractivity (Wildman–Crippen MR) is 122 cm³/mol. The smallest absolute Gasteiger partial charge is 0.163 e. The molecule has 0 radical (unpaired) electrons. The molecule has 0 amide bonds. The molecule has 5 heteroatoms. The van der Waals surface area contributed by atoms with E-state index in [4.69, 9.17) is 4.74 Å². The lowest BCUT2D eigenvalue weighted by Crippen LogP contribution is -2.26. The number of nitrogens with one attached hydrogen (secondary N) is 2. The summed E-state index contributed by atoms with van der Waals surface area (Å²) in [4.78, 5) is 13.5. The molecule has 1 aliphatic heterocycles. The van der Waals surface area contributed by atoms with E-state index in [9.17, 15) is 9.90 Å². The van der Waals surface area contributed by atoms with Gasteiger partial charge < -0.3 is 20.5 Å². The van der Waals surface area contributed by atoms with Crippen LogP contribution < -0.4 is 15.4 Å². The molecule has 1 aliphatic carbocycles. The topological polar surface area (TPSA) is 70.6 Å². The van der Waals surface area contributed by atoms with Gasteiger partial charge in [-0.25, -0.2) is 0 Å². The second kappa shape index (κ2) is 7.84. The first kappa shape index (κ1) is 19.2. The first-order chi connectivity index (χ1) is 15.1. The highest BCUT2D eigenvalue weighted by Gasteiger charge is 2.36. The zero-order valence-corrected chi connectivity index (χ0v) is 17.3. The van der Waals surface area contributed by atoms with Crippen LogP contribution in [0.3, 0.4) is 0 Å². The van der Waals surface area contributed by atoms with Crippen molar-refractivity contribution >= 4 is 17.2 Å². The van der Waals surface area contributed by atoms with Gasteiger partial charge in [0.25, 0.3) is 0 Å². The lowest BCUT2D eigenvalue weighted by atomic mass is 9.78. The highest BCUT2D eigenvalue weighted by Crippen LogP contribution is 2.45. The largest absolute Gasteiger partial charge is 0.504 e. The van der Waals surface area contributed by atoms with Crippen molar-refractivity contribution in [3.63, 3.8) is 0 Å². The minimum absolute atomic E-state index is 0.0757. The van der Waals surface area contributed by atoms with Crippen molar-refractivity contribution in [2.75, 3.05) is 17.7 Å².